The van der Waals surface area contributed by atoms with Crippen molar-refractivity contribution in [2.24, 2.45) is 5.92 Å². The maximum absolute atomic E-state index is 13.3. The molecular formula is C23H23ClN4O5S. The highest BCUT2D eigenvalue weighted by Gasteiger charge is 2.31. The minimum Gasteiger partial charge on any atom is -0.462 e. The van der Waals surface area contributed by atoms with Crippen molar-refractivity contribution in [1.82, 2.24) is 9.78 Å². The van der Waals surface area contributed by atoms with Gasteiger partial charge in [-0.2, -0.15) is 4.68 Å². The molecule has 0 unspecified atom stereocenters. The lowest BCUT2D eigenvalue weighted by molar-refractivity contribution is -0.389. The molecule has 2 aromatic heterocycles. The van der Waals surface area contributed by atoms with Gasteiger partial charge in [-0.1, -0.05) is 30.7 Å². The number of nitrogens with one attached hydrogen (secondary N) is 1. The Hall–Kier alpha value is -3.24. The van der Waals surface area contributed by atoms with Crippen molar-refractivity contribution in [2.75, 3.05) is 11.9 Å². The fraction of sp³-hybridized carbons (Fsp3) is 0.348. The zero-order valence-electron chi connectivity index (χ0n) is 18.7. The van der Waals surface area contributed by atoms with Crippen LogP contribution in [0.25, 0.3) is 0 Å². The molecule has 0 radical (unpaired) electrons. The number of carbonyl (C=O) groups excluding carboxylic acids is 2. The molecule has 0 saturated heterocycles. The number of hydrogen-bond acceptors (Lipinski definition) is 7. The Kier molecular flexibility index (Phi) is 6.99. The van der Waals surface area contributed by atoms with Crippen molar-refractivity contribution in [1.29, 1.82) is 0 Å². The van der Waals surface area contributed by atoms with E-state index in [1.54, 1.807) is 31.2 Å². The van der Waals surface area contributed by atoms with E-state index in [1.807, 2.05) is 0 Å². The molecule has 4 rings (SSSR count). The van der Waals surface area contributed by atoms with Gasteiger partial charge in [-0.3, -0.25) is 4.79 Å². The monoisotopic (exact) mass is 502 g/mol. The predicted molar refractivity (Wildman–Crippen MR) is 129 cm³/mol. The third-order valence-corrected chi connectivity index (χ3v) is 7.07. The van der Waals surface area contributed by atoms with E-state index in [-0.39, 0.29) is 18.8 Å². The normalized spacial score (nSPS) is 15.0. The van der Waals surface area contributed by atoms with E-state index < -0.39 is 22.6 Å². The Labute approximate surface area is 204 Å². The smallest absolute Gasteiger partial charge is 0.390 e. The lowest BCUT2D eigenvalue weighted by atomic mass is 9.88. The summed E-state index contributed by atoms with van der Waals surface area (Å²) in [6, 6.07) is 8.02. The second kappa shape index (κ2) is 9.94. The van der Waals surface area contributed by atoms with Crippen LogP contribution >= 0.6 is 22.9 Å². The van der Waals surface area contributed by atoms with Gasteiger partial charge in [-0.15, -0.1) is 11.3 Å². The first-order valence-corrected chi connectivity index (χ1v) is 12.1. The molecule has 11 heteroatoms. The number of halogens is 1. The second-order valence-electron chi connectivity index (χ2n) is 8.16. The number of esters is 1. The number of nitrogens with zero attached hydrogens (tertiary/aromatic N) is 3. The number of nitro groups is 1. The molecular weight excluding hydrogens is 480 g/mol. The summed E-state index contributed by atoms with van der Waals surface area (Å²) in [6.07, 6.45) is 2.50. The van der Waals surface area contributed by atoms with Gasteiger partial charge in [0.1, 0.15) is 5.00 Å². The number of thiophene rings is 1. The molecule has 1 N–H and O–H groups in total. The van der Waals surface area contributed by atoms with Gasteiger partial charge in [-0.25, -0.2) is 4.79 Å². The van der Waals surface area contributed by atoms with Crippen molar-refractivity contribution in [3.8, 4) is 0 Å². The van der Waals surface area contributed by atoms with Crippen molar-refractivity contribution >= 4 is 45.6 Å². The molecule has 1 aliphatic carbocycles. The molecule has 0 saturated carbocycles. The van der Waals surface area contributed by atoms with E-state index in [2.05, 4.69) is 17.3 Å². The van der Waals surface area contributed by atoms with E-state index in [0.717, 1.165) is 41.3 Å². The van der Waals surface area contributed by atoms with Crippen LogP contribution in [0.1, 0.15) is 57.1 Å². The van der Waals surface area contributed by atoms with Crippen molar-refractivity contribution in [2.45, 2.75) is 39.7 Å². The average Bonchev–Trinajstić information content (AvgIpc) is 3.36. The fourth-order valence-electron chi connectivity index (χ4n) is 3.98. The van der Waals surface area contributed by atoms with Crippen LogP contribution in [0.15, 0.2) is 30.3 Å². The summed E-state index contributed by atoms with van der Waals surface area (Å²) in [5.74, 6) is -1.03. The van der Waals surface area contributed by atoms with Crippen molar-refractivity contribution in [3.05, 3.63) is 72.7 Å². The van der Waals surface area contributed by atoms with Gasteiger partial charge in [0.25, 0.3) is 5.91 Å². The number of amides is 1. The molecule has 178 valence electrons. The van der Waals surface area contributed by atoms with Gasteiger partial charge in [0.2, 0.25) is 0 Å². The number of benzene rings is 1. The van der Waals surface area contributed by atoms with Crippen molar-refractivity contribution in [3.63, 3.8) is 0 Å². The molecule has 0 spiro atoms. The van der Waals surface area contributed by atoms with E-state index in [4.69, 9.17) is 16.3 Å². The molecule has 34 heavy (non-hydrogen) atoms. The number of rotatable bonds is 7. The quantitative estimate of drug-likeness (QED) is 0.272. The van der Waals surface area contributed by atoms with Gasteiger partial charge in [-0.05, 0) is 60.3 Å². The zero-order valence-corrected chi connectivity index (χ0v) is 20.2. The summed E-state index contributed by atoms with van der Waals surface area (Å²) in [7, 11) is 0. The van der Waals surface area contributed by atoms with Gasteiger partial charge in [0, 0.05) is 9.90 Å². The summed E-state index contributed by atoms with van der Waals surface area (Å²) in [5, 5.41) is 19.1. The fourth-order valence-corrected chi connectivity index (χ4v) is 5.50. The lowest BCUT2D eigenvalue weighted by Gasteiger charge is -2.18. The molecule has 0 bridgehead atoms. The number of carbonyl (C=O) groups is 2. The van der Waals surface area contributed by atoms with Crippen LogP contribution in [-0.4, -0.2) is 33.2 Å². The Bertz CT molecular complexity index is 1250. The number of anilines is 1. The summed E-state index contributed by atoms with van der Waals surface area (Å²) in [5.41, 5.74) is 2.07. The highest BCUT2D eigenvalue weighted by Crippen LogP contribution is 2.40. The molecule has 2 heterocycles. The van der Waals surface area contributed by atoms with Crippen LogP contribution < -0.4 is 5.32 Å². The topological polar surface area (TPSA) is 116 Å². The van der Waals surface area contributed by atoms with E-state index in [9.17, 15) is 19.7 Å². The Morgan fingerprint density at radius 1 is 1.35 bits per heavy atom. The number of hydrogen-bond donors (Lipinski definition) is 1. The Morgan fingerprint density at radius 3 is 2.76 bits per heavy atom. The summed E-state index contributed by atoms with van der Waals surface area (Å²) < 4.78 is 6.53. The maximum atomic E-state index is 13.3. The first-order chi connectivity index (χ1) is 16.3. The van der Waals surface area contributed by atoms with Crippen LogP contribution in [0, 0.1) is 16.0 Å². The standard InChI is InChI=1S/C23H23ClN4O5S/c1-3-33-23(30)20-16-9-4-13(2)10-18(16)34-22(20)25-21(29)17-11-19(28(31)32)26-27(17)12-14-5-7-15(24)8-6-14/h5-8,11,13H,3-4,9-10,12H2,1-2H3,(H,25,29)/t13-/m0/s1. The van der Waals surface area contributed by atoms with Crippen LogP contribution in [0.5, 0.6) is 0 Å². The second-order valence-corrected chi connectivity index (χ2v) is 9.70. The largest absolute Gasteiger partial charge is 0.462 e. The van der Waals surface area contributed by atoms with Gasteiger partial charge < -0.3 is 20.2 Å². The minimum absolute atomic E-state index is 0.0104. The molecule has 1 aromatic carbocycles. The van der Waals surface area contributed by atoms with E-state index in [0.29, 0.717) is 21.5 Å². The summed E-state index contributed by atoms with van der Waals surface area (Å²) in [6.45, 7) is 4.23. The van der Waals surface area contributed by atoms with Crippen LogP contribution in [0.2, 0.25) is 5.02 Å². The van der Waals surface area contributed by atoms with Crippen LogP contribution in [-0.2, 0) is 24.1 Å². The first-order valence-electron chi connectivity index (χ1n) is 10.9. The molecule has 3 aromatic rings. The zero-order chi connectivity index (χ0) is 24.4. The van der Waals surface area contributed by atoms with E-state index >= 15 is 0 Å². The predicted octanol–water partition coefficient (Wildman–Crippen LogP) is 5.11. The highest BCUT2D eigenvalue weighted by atomic mass is 35.5. The molecule has 0 fully saturated rings. The Morgan fingerprint density at radius 2 is 2.09 bits per heavy atom. The lowest BCUT2D eigenvalue weighted by Crippen LogP contribution is -2.20. The molecule has 1 atom stereocenters. The highest BCUT2D eigenvalue weighted by molar-refractivity contribution is 7.17. The van der Waals surface area contributed by atoms with Gasteiger partial charge >= 0.3 is 11.8 Å². The number of ether oxygens (including phenoxy) is 1. The van der Waals surface area contributed by atoms with Crippen molar-refractivity contribution < 1.29 is 19.2 Å². The van der Waals surface area contributed by atoms with Crippen LogP contribution in [0.3, 0.4) is 0 Å². The van der Waals surface area contributed by atoms with E-state index in [1.165, 1.54) is 16.0 Å². The SMILES string of the molecule is CCOC(=O)c1c(NC(=O)c2cc([N+](=O)[O-])nn2Cc2ccc(Cl)cc2)sc2c1CC[C@H](C)C2. The number of aromatic nitrogens is 2. The molecule has 0 aliphatic heterocycles. The molecule has 1 aliphatic rings. The maximum Gasteiger partial charge on any atom is 0.390 e. The summed E-state index contributed by atoms with van der Waals surface area (Å²) in [4.78, 5) is 37.8. The third-order valence-electron chi connectivity index (χ3n) is 5.65. The van der Waals surface area contributed by atoms with Gasteiger partial charge in [0.15, 0.2) is 5.69 Å². The third kappa shape index (κ3) is 4.97. The summed E-state index contributed by atoms with van der Waals surface area (Å²) >= 11 is 7.29. The average molecular weight is 503 g/mol. The molecule has 9 nitrogen and oxygen atoms in total. The van der Waals surface area contributed by atoms with Gasteiger partial charge in [0.05, 0.1) is 29.9 Å². The molecule has 1 amide bonds. The van der Waals surface area contributed by atoms with Crippen LogP contribution in [0.4, 0.5) is 10.8 Å². The Balaban J connectivity index is 1.68. The first kappa shape index (κ1) is 23.9. The number of fused-ring (bicyclic) bond motifs is 1. The minimum atomic E-state index is -0.648.